The van der Waals surface area contributed by atoms with E-state index in [1.165, 1.54) is 16.9 Å². The predicted octanol–water partition coefficient (Wildman–Crippen LogP) is 5.07. The van der Waals surface area contributed by atoms with Crippen molar-refractivity contribution in [3.05, 3.63) is 126 Å². The number of esters is 1. The molecule has 2 heterocycles. The highest BCUT2D eigenvalue weighted by molar-refractivity contribution is 7.07. The molecule has 6 nitrogen and oxygen atoms in total. The summed E-state index contributed by atoms with van der Waals surface area (Å²) in [6, 6.07) is 24.4. The van der Waals surface area contributed by atoms with Crippen molar-refractivity contribution in [1.29, 1.82) is 0 Å². The van der Waals surface area contributed by atoms with E-state index in [-0.39, 0.29) is 12.2 Å². The summed E-state index contributed by atoms with van der Waals surface area (Å²) >= 11 is 1.31. The van der Waals surface area contributed by atoms with Gasteiger partial charge in [0, 0.05) is 5.56 Å². The minimum Gasteiger partial charge on any atom is -0.497 e. The number of hydrogen-bond donors (Lipinski definition) is 0. The molecule has 5 rings (SSSR count). The van der Waals surface area contributed by atoms with E-state index >= 15 is 0 Å². The molecule has 0 spiro atoms. The van der Waals surface area contributed by atoms with Crippen LogP contribution < -0.4 is 19.6 Å². The molecule has 0 amide bonds. The van der Waals surface area contributed by atoms with Crippen LogP contribution in [0.1, 0.15) is 55.0 Å². The van der Waals surface area contributed by atoms with Crippen LogP contribution >= 0.6 is 11.3 Å². The van der Waals surface area contributed by atoms with E-state index in [4.69, 9.17) is 14.5 Å². The monoisotopic (exact) mass is 538 g/mol. The van der Waals surface area contributed by atoms with Gasteiger partial charge in [0.25, 0.3) is 5.56 Å². The number of methoxy groups -OCH3 is 1. The lowest BCUT2D eigenvalue weighted by atomic mass is 9.93. The Bertz CT molecular complexity index is 1710. The quantitative estimate of drug-likeness (QED) is 0.308. The number of nitrogens with zero attached hydrogens (tertiary/aromatic N) is 2. The van der Waals surface area contributed by atoms with Crippen molar-refractivity contribution in [1.82, 2.24) is 4.57 Å². The first-order valence-electron chi connectivity index (χ1n) is 12.9. The van der Waals surface area contributed by atoms with Crippen molar-refractivity contribution < 1.29 is 14.3 Å². The molecule has 1 aliphatic heterocycles. The summed E-state index contributed by atoms with van der Waals surface area (Å²) in [6.07, 6.45) is 1.88. The Kier molecular flexibility index (Phi) is 7.61. The van der Waals surface area contributed by atoms with Crippen LogP contribution in [0.2, 0.25) is 0 Å². The SMILES string of the molecule is CCOC(=O)C1=C(c2ccccc2)N=c2s/c(=C\c3ccc(C(C)C)cc3)c(=O)n2[C@H]1c1cccc(OC)c1. The topological polar surface area (TPSA) is 69.9 Å². The van der Waals surface area contributed by atoms with E-state index in [0.29, 0.717) is 32.3 Å². The third-order valence-electron chi connectivity index (χ3n) is 6.68. The summed E-state index contributed by atoms with van der Waals surface area (Å²) in [4.78, 5) is 32.9. The summed E-state index contributed by atoms with van der Waals surface area (Å²) in [7, 11) is 1.59. The number of rotatable bonds is 7. The van der Waals surface area contributed by atoms with Crippen LogP contribution in [-0.2, 0) is 9.53 Å². The van der Waals surface area contributed by atoms with Crippen LogP contribution in [0.3, 0.4) is 0 Å². The van der Waals surface area contributed by atoms with Gasteiger partial charge < -0.3 is 9.47 Å². The molecule has 4 aromatic rings. The maximum atomic E-state index is 14.0. The van der Waals surface area contributed by atoms with Gasteiger partial charge in [-0.25, -0.2) is 9.79 Å². The molecule has 0 saturated carbocycles. The Morgan fingerprint density at radius 1 is 1.05 bits per heavy atom. The van der Waals surface area contributed by atoms with Crippen LogP contribution in [-0.4, -0.2) is 24.3 Å². The molecule has 0 bridgehead atoms. The third kappa shape index (κ3) is 5.22. The smallest absolute Gasteiger partial charge is 0.338 e. The Morgan fingerprint density at radius 2 is 1.79 bits per heavy atom. The summed E-state index contributed by atoms with van der Waals surface area (Å²) < 4.78 is 13.1. The molecule has 39 heavy (non-hydrogen) atoms. The molecule has 0 saturated heterocycles. The highest BCUT2D eigenvalue weighted by atomic mass is 32.1. The normalized spacial score (nSPS) is 15.2. The van der Waals surface area contributed by atoms with Gasteiger partial charge in [-0.1, -0.05) is 91.9 Å². The number of carbonyl (C=O) groups excluding carboxylic acids is 1. The van der Waals surface area contributed by atoms with Gasteiger partial charge in [-0.15, -0.1) is 0 Å². The standard InChI is InChI=1S/C32H30N2O4S/c1-5-38-31(36)27-28(23-10-7-6-8-11-23)33-32-34(29(27)24-12-9-13-25(19-24)37-4)30(35)26(39-32)18-21-14-16-22(17-15-21)20(2)3/h6-20,29H,5H2,1-4H3/b26-18-/t29-/m0/s1. The first kappa shape index (κ1) is 26.4. The molecule has 1 aliphatic rings. The Hall–Kier alpha value is -4.23. The average Bonchev–Trinajstić information content (AvgIpc) is 3.27. The zero-order chi connectivity index (χ0) is 27.5. The van der Waals surface area contributed by atoms with Crippen molar-refractivity contribution in [2.24, 2.45) is 4.99 Å². The molecule has 1 aromatic heterocycles. The lowest BCUT2D eigenvalue weighted by Crippen LogP contribution is -2.40. The molecule has 0 unspecified atom stereocenters. The Balaban J connectivity index is 1.79. The minimum atomic E-state index is -0.740. The lowest BCUT2D eigenvalue weighted by Gasteiger charge is -2.26. The molecule has 3 aromatic carbocycles. The maximum absolute atomic E-state index is 14.0. The number of hydrogen-bond acceptors (Lipinski definition) is 6. The summed E-state index contributed by atoms with van der Waals surface area (Å²) in [5.41, 5.74) is 4.26. The third-order valence-corrected chi connectivity index (χ3v) is 7.67. The van der Waals surface area contributed by atoms with Gasteiger partial charge >= 0.3 is 5.97 Å². The van der Waals surface area contributed by atoms with Crippen molar-refractivity contribution in [3.8, 4) is 5.75 Å². The molecule has 198 valence electrons. The van der Waals surface area contributed by atoms with Crippen LogP contribution in [0, 0.1) is 0 Å². The second-order valence-corrected chi connectivity index (χ2v) is 10.5. The highest BCUT2D eigenvalue weighted by Gasteiger charge is 2.35. The predicted molar refractivity (Wildman–Crippen MR) is 155 cm³/mol. The van der Waals surface area contributed by atoms with E-state index in [0.717, 1.165) is 16.7 Å². The summed E-state index contributed by atoms with van der Waals surface area (Å²) in [5.74, 6) is 0.540. The van der Waals surface area contributed by atoms with Crippen molar-refractivity contribution in [2.45, 2.75) is 32.7 Å². The molecular formula is C32H30N2O4S. The average molecular weight is 539 g/mol. The second-order valence-electron chi connectivity index (χ2n) is 9.53. The van der Waals surface area contributed by atoms with Gasteiger partial charge in [0.05, 0.1) is 35.6 Å². The molecule has 0 radical (unpaired) electrons. The molecule has 0 aliphatic carbocycles. The second kappa shape index (κ2) is 11.3. The van der Waals surface area contributed by atoms with Crippen LogP contribution in [0.4, 0.5) is 0 Å². The molecule has 0 fully saturated rings. The fourth-order valence-electron chi connectivity index (χ4n) is 4.70. The van der Waals surface area contributed by atoms with Crippen molar-refractivity contribution in [2.75, 3.05) is 13.7 Å². The Labute approximate surface area is 231 Å². The van der Waals surface area contributed by atoms with Crippen molar-refractivity contribution in [3.63, 3.8) is 0 Å². The lowest BCUT2D eigenvalue weighted by molar-refractivity contribution is -0.138. The summed E-state index contributed by atoms with van der Waals surface area (Å²) in [5, 5.41) is 0. The van der Waals surface area contributed by atoms with E-state index in [2.05, 4.69) is 26.0 Å². The van der Waals surface area contributed by atoms with Gasteiger partial charge in [0.2, 0.25) is 0 Å². The van der Waals surface area contributed by atoms with Crippen molar-refractivity contribution >= 4 is 29.1 Å². The largest absolute Gasteiger partial charge is 0.497 e. The Morgan fingerprint density at radius 3 is 2.46 bits per heavy atom. The molecule has 1 atom stereocenters. The fraction of sp³-hybridized carbons (Fsp3) is 0.219. The van der Waals surface area contributed by atoms with Gasteiger partial charge in [-0.3, -0.25) is 9.36 Å². The molecule has 7 heteroatoms. The van der Waals surface area contributed by atoms with Gasteiger partial charge in [-0.05, 0) is 47.7 Å². The number of thiazole rings is 1. The van der Waals surface area contributed by atoms with E-state index in [1.54, 1.807) is 18.6 Å². The number of ether oxygens (including phenoxy) is 2. The number of benzene rings is 3. The number of carbonyl (C=O) groups is 1. The van der Waals surface area contributed by atoms with Gasteiger partial charge in [-0.2, -0.15) is 0 Å². The first-order chi connectivity index (χ1) is 18.9. The first-order valence-corrected chi connectivity index (χ1v) is 13.7. The highest BCUT2D eigenvalue weighted by Crippen LogP contribution is 2.36. The van der Waals surface area contributed by atoms with Crippen LogP contribution in [0.5, 0.6) is 5.75 Å². The number of aromatic nitrogens is 1. The maximum Gasteiger partial charge on any atom is 0.338 e. The van der Waals surface area contributed by atoms with E-state index < -0.39 is 12.0 Å². The van der Waals surface area contributed by atoms with Crippen LogP contribution in [0.25, 0.3) is 11.8 Å². The zero-order valence-corrected chi connectivity index (χ0v) is 23.2. The molecule has 0 N–H and O–H groups in total. The van der Waals surface area contributed by atoms with Gasteiger partial charge in [0.15, 0.2) is 4.80 Å². The van der Waals surface area contributed by atoms with E-state index in [9.17, 15) is 9.59 Å². The van der Waals surface area contributed by atoms with Crippen LogP contribution in [0.15, 0.2) is 94.2 Å². The minimum absolute atomic E-state index is 0.200. The molecular weight excluding hydrogens is 508 g/mol. The van der Waals surface area contributed by atoms with Gasteiger partial charge in [0.1, 0.15) is 5.75 Å². The summed E-state index contributed by atoms with van der Waals surface area (Å²) in [6.45, 7) is 6.27. The fourth-order valence-corrected chi connectivity index (χ4v) is 5.70. The zero-order valence-electron chi connectivity index (χ0n) is 22.4. The van der Waals surface area contributed by atoms with E-state index in [1.807, 2.05) is 72.8 Å². The number of fused-ring (bicyclic) bond motifs is 1.